The summed E-state index contributed by atoms with van der Waals surface area (Å²) in [7, 11) is -2.19. The van der Waals surface area contributed by atoms with Crippen LogP contribution in [-0.4, -0.2) is 43.2 Å². The second-order valence-electron chi connectivity index (χ2n) is 7.04. The van der Waals surface area contributed by atoms with E-state index in [2.05, 4.69) is 0 Å². The third-order valence-electron chi connectivity index (χ3n) is 5.09. The summed E-state index contributed by atoms with van der Waals surface area (Å²) in [5.41, 5.74) is 1.73. The van der Waals surface area contributed by atoms with Crippen molar-refractivity contribution in [2.24, 2.45) is 0 Å². The normalized spacial score (nSPS) is 20.4. The van der Waals surface area contributed by atoms with E-state index in [-0.39, 0.29) is 23.4 Å². The molecule has 0 aliphatic carbocycles. The summed E-state index contributed by atoms with van der Waals surface area (Å²) >= 11 is 0. The predicted octanol–water partition coefficient (Wildman–Crippen LogP) is 3.33. The van der Waals surface area contributed by atoms with Crippen LogP contribution >= 0.6 is 0 Å². The smallest absolute Gasteiger partial charge is 0.245 e. The summed E-state index contributed by atoms with van der Waals surface area (Å²) in [6, 6.07) is 13.8. The van der Waals surface area contributed by atoms with Crippen LogP contribution in [0.4, 0.5) is 0 Å². The van der Waals surface area contributed by atoms with Gasteiger partial charge in [-0.3, -0.25) is 4.79 Å². The van der Waals surface area contributed by atoms with Gasteiger partial charge in [-0.1, -0.05) is 36.8 Å². The van der Waals surface area contributed by atoms with Crippen molar-refractivity contribution in [3.8, 4) is 5.75 Å². The molecule has 28 heavy (non-hydrogen) atoms. The number of carbonyl (C=O) groups is 1. The van der Waals surface area contributed by atoms with Crippen LogP contribution in [0.15, 0.2) is 53.4 Å². The molecular formula is C21H26N2O4S. The largest absolute Gasteiger partial charge is 0.497 e. The number of benzene rings is 2. The third kappa shape index (κ3) is 3.64. The van der Waals surface area contributed by atoms with E-state index >= 15 is 0 Å². The molecule has 1 fully saturated rings. The lowest BCUT2D eigenvalue weighted by molar-refractivity contribution is -0.134. The minimum atomic E-state index is -3.77. The van der Waals surface area contributed by atoms with Crippen LogP contribution in [0.1, 0.15) is 37.6 Å². The highest BCUT2D eigenvalue weighted by Crippen LogP contribution is 2.38. The van der Waals surface area contributed by atoms with E-state index in [0.717, 1.165) is 11.1 Å². The lowest BCUT2D eigenvalue weighted by Crippen LogP contribution is -2.39. The van der Waals surface area contributed by atoms with Gasteiger partial charge in [0.1, 0.15) is 11.9 Å². The number of amides is 1. The van der Waals surface area contributed by atoms with Crippen LogP contribution < -0.4 is 4.74 Å². The molecule has 2 unspecified atom stereocenters. The number of nitrogens with zero attached hydrogens (tertiary/aromatic N) is 2. The minimum absolute atomic E-state index is 0.0741. The maximum atomic E-state index is 13.4. The Morgan fingerprint density at radius 3 is 2.25 bits per heavy atom. The second-order valence-corrected chi connectivity index (χ2v) is 8.93. The molecule has 7 heteroatoms. The van der Waals surface area contributed by atoms with Crippen molar-refractivity contribution in [3.05, 3.63) is 59.7 Å². The van der Waals surface area contributed by atoms with Gasteiger partial charge < -0.3 is 9.64 Å². The number of ether oxygens (including phenoxy) is 1. The standard InChI is InChI=1S/C21H26N2O4S/c1-5-20(24)23-16(3)14-22(21(23)17-8-10-18(27-4)11-9-17)28(25,26)19-12-6-15(2)7-13-19/h6-13,16,21H,5,14H2,1-4H3. The van der Waals surface area contributed by atoms with Gasteiger partial charge in [-0.25, -0.2) is 8.42 Å². The van der Waals surface area contributed by atoms with Crippen molar-refractivity contribution in [1.29, 1.82) is 0 Å². The molecule has 6 nitrogen and oxygen atoms in total. The highest BCUT2D eigenvalue weighted by molar-refractivity contribution is 7.89. The highest BCUT2D eigenvalue weighted by Gasteiger charge is 2.46. The van der Waals surface area contributed by atoms with Gasteiger partial charge in [-0.05, 0) is 43.7 Å². The van der Waals surface area contributed by atoms with E-state index in [4.69, 9.17) is 4.74 Å². The number of sulfonamides is 1. The fourth-order valence-electron chi connectivity index (χ4n) is 3.57. The first kappa shape index (κ1) is 20.4. The zero-order valence-electron chi connectivity index (χ0n) is 16.6. The summed E-state index contributed by atoms with van der Waals surface area (Å²) in [6.45, 7) is 5.83. The molecule has 2 aromatic carbocycles. The van der Waals surface area contributed by atoms with E-state index < -0.39 is 16.2 Å². The molecule has 0 bridgehead atoms. The van der Waals surface area contributed by atoms with Crippen molar-refractivity contribution in [2.45, 2.75) is 44.3 Å². The summed E-state index contributed by atoms with van der Waals surface area (Å²) in [6.07, 6.45) is -0.366. The molecule has 0 saturated carbocycles. The SMILES string of the molecule is CCC(=O)N1C(C)CN(S(=O)(=O)c2ccc(C)cc2)C1c1ccc(OC)cc1. The molecule has 1 heterocycles. The summed E-state index contributed by atoms with van der Waals surface area (Å²) in [4.78, 5) is 14.6. The summed E-state index contributed by atoms with van der Waals surface area (Å²) < 4.78 is 33.5. The lowest BCUT2D eigenvalue weighted by Gasteiger charge is -2.31. The molecule has 2 atom stereocenters. The van der Waals surface area contributed by atoms with Crippen LogP contribution in [0.2, 0.25) is 0 Å². The van der Waals surface area contributed by atoms with Gasteiger partial charge in [0, 0.05) is 19.0 Å². The lowest BCUT2D eigenvalue weighted by atomic mass is 10.1. The van der Waals surface area contributed by atoms with Gasteiger partial charge in [0.05, 0.1) is 12.0 Å². The number of hydrogen-bond donors (Lipinski definition) is 0. The zero-order chi connectivity index (χ0) is 20.5. The number of rotatable bonds is 5. The minimum Gasteiger partial charge on any atom is -0.497 e. The highest BCUT2D eigenvalue weighted by atomic mass is 32.2. The monoisotopic (exact) mass is 402 g/mol. The van der Waals surface area contributed by atoms with E-state index in [1.165, 1.54) is 4.31 Å². The molecule has 0 aromatic heterocycles. The summed E-state index contributed by atoms with van der Waals surface area (Å²) in [5, 5.41) is 0. The van der Waals surface area contributed by atoms with Crippen molar-refractivity contribution in [1.82, 2.24) is 9.21 Å². The van der Waals surface area contributed by atoms with Crippen LogP contribution in [0, 0.1) is 6.92 Å². The molecule has 150 valence electrons. The number of carbonyl (C=O) groups excluding carboxylic acids is 1. The first-order valence-corrected chi connectivity index (χ1v) is 10.8. The molecule has 2 aromatic rings. The summed E-state index contributed by atoms with van der Waals surface area (Å²) in [5.74, 6) is 0.603. The molecule has 3 rings (SSSR count). The average Bonchev–Trinajstić information content (AvgIpc) is 3.05. The molecular weight excluding hydrogens is 376 g/mol. The Bertz CT molecular complexity index is 939. The average molecular weight is 403 g/mol. The number of methoxy groups -OCH3 is 1. The predicted molar refractivity (Wildman–Crippen MR) is 107 cm³/mol. The van der Waals surface area contributed by atoms with Gasteiger partial charge in [0.2, 0.25) is 15.9 Å². The fraction of sp³-hybridized carbons (Fsp3) is 0.381. The van der Waals surface area contributed by atoms with E-state index in [1.807, 2.05) is 26.0 Å². The Kier molecular flexibility index (Phi) is 5.76. The molecule has 1 saturated heterocycles. The molecule has 1 aliphatic rings. The molecule has 1 amide bonds. The molecule has 1 aliphatic heterocycles. The van der Waals surface area contributed by atoms with Gasteiger partial charge >= 0.3 is 0 Å². The van der Waals surface area contributed by atoms with Gasteiger partial charge in [-0.2, -0.15) is 4.31 Å². The third-order valence-corrected chi connectivity index (χ3v) is 6.92. The number of aryl methyl sites for hydroxylation is 1. The number of hydrogen-bond acceptors (Lipinski definition) is 4. The van der Waals surface area contributed by atoms with Crippen molar-refractivity contribution >= 4 is 15.9 Å². The second kappa shape index (κ2) is 7.93. The maximum Gasteiger partial charge on any atom is 0.245 e. The van der Waals surface area contributed by atoms with Gasteiger partial charge in [-0.15, -0.1) is 0 Å². The van der Waals surface area contributed by atoms with Gasteiger partial charge in [0.25, 0.3) is 0 Å². The van der Waals surface area contributed by atoms with Crippen molar-refractivity contribution in [3.63, 3.8) is 0 Å². The Morgan fingerprint density at radius 2 is 1.71 bits per heavy atom. The molecule has 0 radical (unpaired) electrons. The van der Waals surface area contributed by atoms with Crippen LogP contribution in [-0.2, 0) is 14.8 Å². The Labute approximate surface area is 166 Å². The maximum absolute atomic E-state index is 13.4. The first-order valence-electron chi connectivity index (χ1n) is 9.33. The Morgan fingerprint density at radius 1 is 1.11 bits per heavy atom. The Balaban J connectivity index is 2.09. The molecule has 0 spiro atoms. The van der Waals surface area contributed by atoms with Crippen LogP contribution in [0.3, 0.4) is 0 Å². The quantitative estimate of drug-likeness (QED) is 0.769. The van der Waals surface area contributed by atoms with Gasteiger partial charge in [0.15, 0.2) is 0 Å². The molecule has 0 N–H and O–H groups in total. The van der Waals surface area contributed by atoms with E-state index in [0.29, 0.717) is 12.2 Å². The van der Waals surface area contributed by atoms with E-state index in [9.17, 15) is 13.2 Å². The van der Waals surface area contributed by atoms with Crippen molar-refractivity contribution in [2.75, 3.05) is 13.7 Å². The fourth-order valence-corrected chi connectivity index (χ4v) is 5.22. The zero-order valence-corrected chi connectivity index (χ0v) is 17.4. The van der Waals surface area contributed by atoms with Crippen LogP contribution in [0.5, 0.6) is 5.75 Å². The first-order chi connectivity index (χ1) is 13.3. The topological polar surface area (TPSA) is 66.9 Å². The van der Waals surface area contributed by atoms with Crippen LogP contribution in [0.25, 0.3) is 0 Å². The van der Waals surface area contributed by atoms with Crippen molar-refractivity contribution < 1.29 is 17.9 Å². The van der Waals surface area contributed by atoms with E-state index in [1.54, 1.807) is 55.3 Å². The Hall–Kier alpha value is -2.38.